The molecule has 7 heteroatoms. The van der Waals surface area contributed by atoms with Gasteiger partial charge >= 0.3 is 0 Å². The van der Waals surface area contributed by atoms with Crippen molar-refractivity contribution in [3.8, 4) is 5.75 Å². The van der Waals surface area contributed by atoms with Crippen molar-refractivity contribution in [1.29, 1.82) is 0 Å². The van der Waals surface area contributed by atoms with Gasteiger partial charge in [0.1, 0.15) is 5.75 Å². The van der Waals surface area contributed by atoms with Gasteiger partial charge in [0.05, 0.1) is 18.8 Å². The summed E-state index contributed by atoms with van der Waals surface area (Å²) in [5, 5.41) is -0.445. The molecule has 25 heavy (non-hydrogen) atoms. The molecule has 0 spiro atoms. The van der Waals surface area contributed by atoms with Crippen LogP contribution < -0.4 is 9.46 Å². The van der Waals surface area contributed by atoms with Gasteiger partial charge in [0.25, 0.3) is 0 Å². The summed E-state index contributed by atoms with van der Waals surface area (Å²) < 4.78 is 31.8. The number of rotatable bonds is 7. The molecule has 2 rings (SSSR count). The minimum atomic E-state index is -3.26. The molecule has 0 aromatic heterocycles. The van der Waals surface area contributed by atoms with Crippen LogP contribution in [-0.4, -0.2) is 51.2 Å². The van der Waals surface area contributed by atoms with Gasteiger partial charge in [-0.05, 0) is 38.7 Å². The molecular formula is C18H28N2O4S. The molecule has 1 atom stereocenters. The first-order valence-electron chi connectivity index (χ1n) is 8.71. The normalized spacial score (nSPS) is 18.4. The molecule has 1 amide bonds. The van der Waals surface area contributed by atoms with Gasteiger partial charge in [-0.1, -0.05) is 18.2 Å². The van der Waals surface area contributed by atoms with Gasteiger partial charge in [-0.3, -0.25) is 4.79 Å². The molecule has 6 nitrogen and oxygen atoms in total. The molecule has 1 saturated heterocycles. The first-order valence-corrected chi connectivity index (χ1v) is 10.3. The van der Waals surface area contributed by atoms with Crippen molar-refractivity contribution >= 4 is 15.9 Å². The zero-order valence-electron chi connectivity index (χ0n) is 15.2. The lowest BCUT2D eigenvalue weighted by atomic mass is 9.97. The van der Waals surface area contributed by atoms with E-state index >= 15 is 0 Å². The molecule has 0 aliphatic carbocycles. The molecule has 1 aromatic rings. The van der Waals surface area contributed by atoms with Crippen LogP contribution in [0.4, 0.5) is 0 Å². The number of hydrogen-bond acceptors (Lipinski definition) is 4. The van der Waals surface area contributed by atoms with Crippen LogP contribution in [0.3, 0.4) is 0 Å². The maximum atomic E-state index is 12.6. The number of piperidine rings is 1. The van der Waals surface area contributed by atoms with Crippen LogP contribution in [-0.2, 0) is 21.2 Å². The van der Waals surface area contributed by atoms with Crippen molar-refractivity contribution < 1.29 is 17.9 Å². The Morgan fingerprint density at radius 1 is 1.36 bits per heavy atom. The zero-order valence-corrected chi connectivity index (χ0v) is 16.0. The third kappa shape index (κ3) is 5.44. The average molecular weight is 368 g/mol. The second kappa shape index (κ2) is 8.67. The van der Waals surface area contributed by atoms with E-state index < -0.39 is 15.3 Å². The second-order valence-electron chi connectivity index (χ2n) is 6.78. The number of sulfonamides is 1. The van der Waals surface area contributed by atoms with Crippen LogP contribution in [0.5, 0.6) is 5.75 Å². The van der Waals surface area contributed by atoms with E-state index in [1.807, 2.05) is 29.2 Å². The Morgan fingerprint density at radius 2 is 2.08 bits per heavy atom. The van der Waals surface area contributed by atoms with Crippen LogP contribution in [0.2, 0.25) is 0 Å². The maximum Gasteiger partial charge on any atom is 0.227 e. The first kappa shape index (κ1) is 19.7. The van der Waals surface area contributed by atoms with E-state index in [1.54, 1.807) is 21.0 Å². The molecule has 1 heterocycles. The molecule has 140 valence electrons. The Kier molecular flexibility index (Phi) is 6.84. The lowest BCUT2D eigenvalue weighted by molar-refractivity contribution is -0.132. The number of nitrogens with zero attached hydrogens (tertiary/aromatic N) is 1. The summed E-state index contributed by atoms with van der Waals surface area (Å²) in [6.07, 6.45) is 2.12. The second-order valence-corrected chi connectivity index (χ2v) is 9.10. The highest BCUT2D eigenvalue weighted by Gasteiger charge is 2.26. The molecule has 1 N–H and O–H groups in total. The number of carbonyl (C=O) groups is 1. The molecule has 1 aliphatic rings. The summed E-state index contributed by atoms with van der Waals surface area (Å²) in [6.45, 7) is 5.02. The summed E-state index contributed by atoms with van der Waals surface area (Å²) in [4.78, 5) is 14.5. The van der Waals surface area contributed by atoms with Crippen LogP contribution in [0, 0.1) is 5.92 Å². The van der Waals surface area contributed by atoms with Gasteiger partial charge in [0.15, 0.2) is 0 Å². The quantitative estimate of drug-likeness (QED) is 0.796. The van der Waals surface area contributed by atoms with E-state index in [-0.39, 0.29) is 11.8 Å². The molecule has 1 aliphatic heterocycles. The van der Waals surface area contributed by atoms with Crippen LogP contribution >= 0.6 is 0 Å². The van der Waals surface area contributed by atoms with Crippen molar-refractivity contribution in [3.63, 3.8) is 0 Å². The number of amides is 1. The Labute approximate surface area is 150 Å². The van der Waals surface area contributed by atoms with Gasteiger partial charge in [-0.2, -0.15) is 0 Å². The van der Waals surface area contributed by atoms with Crippen LogP contribution in [0.25, 0.3) is 0 Å². The maximum absolute atomic E-state index is 12.6. The van der Waals surface area contributed by atoms with Gasteiger partial charge in [-0.25, -0.2) is 13.1 Å². The Bertz CT molecular complexity index is 688. The lowest BCUT2D eigenvalue weighted by Crippen LogP contribution is -2.45. The highest BCUT2D eigenvalue weighted by Crippen LogP contribution is 2.21. The highest BCUT2D eigenvalue weighted by atomic mass is 32.2. The van der Waals surface area contributed by atoms with Crippen LogP contribution in [0.1, 0.15) is 32.3 Å². The Hall–Kier alpha value is -1.60. The summed E-state index contributed by atoms with van der Waals surface area (Å²) in [7, 11) is -1.66. The highest BCUT2D eigenvalue weighted by molar-refractivity contribution is 7.90. The minimum absolute atomic E-state index is 0.0564. The van der Waals surface area contributed by atoms with E-state index in [9.17, 15) is 13.2 Å². The number of methoxy groups -OCH3 is 1. The topological polar surface area (TPSA) is 75.7 Å². The number of hydrogen-bond donors (Lipinski definition) is 1. The monoisotopic (exact) mass is 368 g/mol. The number of para-hydroxylation sites is 1. The predicted octanol–water partition coefficient (Wildman–Crippen LogP) is 1.80. The number of likely N-dealkylation sites (tertiary alicyclic amines) is 1. The van der Waals surface area contributed by atoms with E-state index in [0.717, 1.165) is 24.9 Å². The third-order valence-corrected chi connectivity index (χ3v) is 6.41. The molecule has 0 unspecified atom stereocenters. The standard InChI is InChI=1S/C18H28N2O4S/c1-14(2)25(22,23)19-12-15-7-6-10-20(13-15)18(21)11-16-8-4-5-9-17(16)24-3/h4-5,8-9,14-15,19H,6-7,10-13H2,1-3H3/t15-/m0/s1. The number of benzene rings is 1. The lowest BCUT2D eigenvalue weighted by Gasteiger charge is -2.33. The van der Waals surface area contributed by atoms with Gasteiger partial charge in [0.2, 0.25) is 15.9 Å². The van der Waals surface area contributed by atoms with Crippen LogP contribution in [0.15, 0.2) is 24.3 Å². The fourth-order valence-corrected chi connectivity index (χ4v) is 3.78. The fourth-order valence-electron chi connectivity index (χ4n) is 2.98. The van der Waals surface area contributed by atoms with Crippen molar-refractivity contribution in [2.45, 2.75) is 38.4 Å². The molecule has 0 bridgehead atoms. The van der Waals surface area contributed by atoms with Crippen molar-refractivity contribution in [2.24, 2.45) is 5.92 Å². The predicted molar refractivity (Wildman–Crippen MR) is 98.1 cm³/mol. The molecule has 0 saturated carbocycles. The van der Waals surface area contributed by atoms with Gasteiger partial charge in [-0.15, -0.1) is 0 Å². The van der Waals surface area contributed by atoms with Crippen molar-refractivity contribution in [2.75, 3.05) is 26.7 Å². The number of carbonyl (C=O) groups excluding carboxylic acids is 1. The van der Waals surface area contributed by atoms with Gasteiger partial charge in [0, 0.05) is 25.2 Å². The molecule has 1 aromatic carbocycles. The SMILES string of the molecule is COc1ccccc1CC(=O)N1CCC[C@@H](CNS(=O)(=O)C(C)C)C1. The van der Waals surface area contributed by atoms with E-state index in [4.69, 9.17) is 4.74 Å². The number of ether oxygens (including phenoxy) is 1. The smallest absolute Gasteiger partial charge is 0.227 e. The number of nitrogens with one attached hydrogen (secondary N) is 1. The van der Waals surface area contributed by atoms with E-state index in [2.05, 4.69) is 4.72 Å². The molecule has 1 fully saturated rings. The third-order valence-electron chi connectivity index (χ3n) is 4.60. The summed E-state index contributed by atoms with van der Waals surface area (Å²) >= 11 is 0. The van der Waals surface area contributed by atoms with Crippen molar-refractivity contribution in [3.05, 3.63) is 29.8 Å². The average Bonchev–Trinajstić information content (AvgIpc) is 2.60. The van der Waals surface area contributed by atoms with Crippen molar-refractivity contribution in [1.82, 2.24) is 9.62 Å². The van der Waals surface area contributed by atoms with Gasteiger partial charge < -0.3 is 9.64 Å². The minimum Gasteiger partial charge on any atom is -0.496 e. The fraction of sp³-hybridized carbons (Fsp3) is 0.611. The summed E-state index contributed by atoms with van der Waals surface area (Å²) in [5.74, 6) is 0.930. The molecule has 0 radical (unpaired) electrons. The van der Waals surface area contributed by atoms with E-state index in [1.165, 1.54) is 0 Å². The zero-order chi connectivity index (χ0) is 18.4. The Morgan fingerprint density at radius 3 is 2.76 bits per heavy atom. The summed E-state index contributed by atoms with van der Waals surface area (Å²) in [6, 6.07) is 7.52. The first-order chi connectivity index (χ1) is 11.8. The largest absolute Gasteiger partial charge is 0.496 e. The summed E-state index contributed by atoms with van der Waals surface area (Å²) in [5.41, 5.74) is 0.873. The van der Waals surface area contributed by atoms with E-state index in [0.29, 0.717) is 25.3 Å². The molecular weight excluding hydrogens is 340 g/mol. The Balaban J connectivity index is 1.93.